The molecule has 2 amide bonds. The number of nitrogens with zero attached hydrogens (tertiary/aromatic N) is 3. The maximum absolute atomic E-state index is 13.3. The molecule has 8 heteroatoms. The molecular formula is C25H23ClN4O2S. The number of carbonyl (C=O) groups is 2. The first-order valence-electron chi connectivity index (χ1n) is 10.5. The normalized spacial score (nSPS) is 13.7. The van der Waals surface area contributed by atoms with Crippen LogP contribution in [-0.4, -0.2) is 33.2 Å². The predicted molar refractivity (Wildman–Crippen MR) is 130 cm³/mol. The molecule has 0 spiro atoms. The molecule has 1 aliphatic rings. The predicted octanol–water partition coefficient (Wildman–Crippen LogP) is 4.45. The van der Waals surface area contributed by atoms with Crippen molar-refractivity contribution in [3.8, 4) is 0 Å². The van der Waals surface area contributed by atoms with Gasteiger partial charge >= 0.3 is 0 Å². The smallest absolute Gasteiger partial charge is 0.278 e. The number of imide groups is 1. The van der Waals surface area contributed by atoms with Crippen molar-refractivity contribution in [3.63, 3.8) is 0 Å². The van der Waals surface area contributed by atoms with Gasteiger partial charge in [-0.2, -0.15) is 0 Å². The Morgan fingerprint density at radius 1 is 0.909 bits per heavy atom. The summed E-state index contributed by atoms with van der Waals surface area (Å²) in [6.07, 6.45) is 0.723. The number of amides is 2. The highest BCUT2D eigenvalue weighted by molar-refractivity contribution is 8.04. The number of hydrogen-bond donors (Lipinski definition) is 1. The Morgan fingerprint density at radius 3 is 2.24 bits per heavy atom. The third-order valence-corrected chi connectivity index (χ3v) is 6.29. The van der Waals surface area contributed by atoms with Gasteiger partial charge in [-0.25, -0.2) is 9.97 Å². The molecule has 0 saturated carbocycles. The molecule has 0 bridgehead atoms. The first-order chi connectivity index (χ1) is 15.9. The van der Waals surface area contributed by atoms with E-state index in [4.69, 9.17) is 11.6 Å². The molecule has 0 aliphatic carbocycles. The molecule has 0 fully saturated rings. The molecular weight excluding hydrogens is 456 g/mol. The minimum Gasteiger partial charge on any atom is -0.379 e. The summed E-state index contributed by atoms with van der Waals surface area (Å²) >= 11 is 7.10. The number of benzene rings is 2. The second-order valence-corrected chi connectivity index (χ2v) is 9.14. The molecule has 0 saturated heterocycles. The summed E-state index contributed by atoms with van der Waals surface area (Å²) in [4.78, 5) is 37.0. The number of halogens is 1. The average molecular weight is 479 g/mol. The van der Waals surface area contributed by atoms with Gasteiger partial charge in [0.15, 0.2) is 5.16 Å². The third-order valence-electron chi connectivity index (χ3n) is 5.09. The fraction of sp³-hybridized carbons (Fsp3) is 0.200. The van der Waals surface area contributed by atoms with Gasteiger partial charge < -0.3 is 5.32 Å². The Hall–Kier alpha value is -3.16. The summed E-state index contributed by atoms with van der Waals surface area (Å²) in [5.74, 6) is -0.709. The number of thioether (sulfide) groups is 1. The molecule has 0 atom stereocenters. The third kappa shape index (κ3) is 5.61. The Morgan fingerprint density at radius 2 is 1.58 bits per heavy atom. The van der Waals surface area contributed by atoms with Crippen LogP contribution in [-0.2, 0) is 22.6 Å². The lowest BCUT2D eigenvalue weighted by Gasteiger charge is -2.15. The fourth-order valence-corrected chi connectivity index (χ4v) is 4.67. The second kappa shape index (κ2) is 10.2. The highest BCUT2D eigenvalue weighted by Crippen LogP contribution is 2.33. The molecule has 1 aliphatic heterocycles. The van der Waals surface area contributed by atoms with E-state index in [9.17, 15) is 9.59 Å². The summed E-state index contributed by atoms with van der Waals surface area (Å²) in [6.45, 7) is 4.43. The maximum Gasteiger partial charge on any atom is 0.278 e. The minimum absolute atomic E-state index is 0.163. The number of hydrogen-bond acceptors (Lipinski definition) is 6. The van der Waals surface area contributed by atoms with Crippen molar-refractivity contribution in [1.29, 1.82) is 0 Å². The van der Waals surface area contributed by atoms with Crippen LogP contribution in [0.15, 0.2) is 76.4 Å². The molecule has 0 radical (unpaired) electrons. The summed E-state index contributed by atoms with van der Waals surface area (Å²) in [5.41, 5.74) is 3.86. The van der Waals surface area contributed by atoms with E-state index < -0.39 is 0 Å². The lowest BCUT2D eigenvalue weighted by molar-refractivity contribution is -0.138. The van der Waals surface area contributed by atoms with E-state index in [1.54, 1.807) is 12.1 Å². The van der Waals surface area contributed by atoms with Gasteiger partial charge in [-0.3, -0.25) is 14.5 Å². The molecule has 168 valence electrons. The van der Waals surface area contributed by atoms with Crippen molar-refractivity contribution < 1.29 is 9.59 Å². The standard InChI is InChI=1S/C25H23ClN4O2S/c1-16-14-17(2)29-25(28-16)33-22-21(27-13-12-18-6-4-3-5-7-18)23(31)30(24(22)32)15-19-8-10-20(26)11-9-19/h3-11,14,27H,12-13,15H2,1-2H3. The van der Waals surface area contributed by atoms with Gasteiger partial charge in [-0.15, -0.1) is 0 Å². The Kier molecular flexibility index (Phi) is 7.11. The first-order valence-corrected chi connectivity index (χ1v) is 11.7. The lowest BCUT2D eigenvalue weighted by Crippen LogP contribution is -2.33. The molecule has 3 aromatic rings. The van der Waals surface area contributed by atoms with E-state index in [0.29, 0.717) is 21.6 Å². The zero-order chi connectivity index (χ0) is 23.4. The Balaban J connectivity index is 1.58. The van der Waals surface area contributed by atoms with Crippen LogP contribution in [0.2, 0.25) is 5.02 Å². The lowest BCUT2D eigenvalue weighted by atomic mass is 10.1. The maximum atomic E-state index is 13.3. The highest BCUT2D eigenvalue weighted by atomic mass is 35.5. The molecule has 0 unspecified atom stereocenters. The van der Waals surface area contributed by atoms with Crippen LogP contribution in [0.3, 0.4) is 0 Å². The van der Waals surface area contributed by atoms with Crippen LogP contribution in [0.5, 0.6) is 0 Å². The van der Waals surface area contributed by atoms with Crippen LogP contribution in [0.25, 0.3) is 0 Å². The van der Waals surface area contributed by atoms with Crippen molar-refractivity contribution >= 4 is 35.2 Å². The van der Waals surface area contributed by atoms with Crippen LogP contribution in [0.4, 0.5) is 0 Å². The van der Waals surface area contributed by atoms with Crippen LogP contribution >= 0.6 is 23.4 Å². The van der Waals surface area contributed by atoms with Crippen molar-refractivity contribution in [3.05, 3.63) is 98.8 Å². The topological polar surface area (TPSA) is 75.2 Å². The molecule has 1 N–H and O–H groups in total. The SMILES string of the molecule is Cc1cc(C)nc(SC2=C(NCCc3ccccc3)C(=O)N(Cc3ccc(Cl)cc3)C2=O)n1. The van der Waals surface area contributed by atoms with E-state index in [1.165, 1.54) is 4.90 Å². The van der Waals surface area contributed by atoms with Crippen molar-refractivity contribution in [2.75, 3.05) is 6.54 Å². The number of aryl methyl sites for hydroxylation is 2. The van der Waals surface area contributed by atoms with Gasteiger partial charge in [-0.1, -0.05) is 54.1 Å². The van der Waals surface area contributed by atoms with E-state index in [0.717, 1.165) is 40.7 Å². The summed E-state index contributed by atoms with van der Waals surface area (Å²) < 4.78 is 0. The molecule has 2 heterocycles. The fourth-order valence-electron chi connectivity index (χ4n) is 3.53. The molecule has 1 aromatic heterocycles. The average Bonchev–Trinajstić information content (AvgIpc) is 2.99. The van der Waals surface area contributed by atoms with Crippen LogP contribution in [0, 0.1) is 13.8 Å². The van der Waals surface area contributed by atoms with Crippen molar-refractivity contribution in [1.82, 2.24) is 20.2 Å². The molecule has 4 rings (SSSR count). The second-order valence-electron chi connectivity index (χ2n) is 7.72. The zero-order valence-corrected chi connectivity index (χ0v) is 19.9. The quantitative estimate of drug-likeness (QED) is 0.381. The van der Waals surface area contributed by atoms with Crippen LogP contribution in [0.1, 0.15) is 22.5 Å². The number of rotatable bonds is 8. The number of nitrogens with one attached hydrogen (secondary N) is 1. The molecule has 6 nitrogen and oxygen atoms in total. The monoisotopic (exact) mass is 478 g/mol. The molecule has 33 heavy (non-hydrogen) atoms. The van der Waals surface area contributed by atoms with Gasteiger partial charge in [0.25, 0.3) is 11.8 Å². The summed E-state index contributed by atoms with van der Waals surface area (Å²) in [7, 11) is 0. The first kappa shape index (κ1) is 23.0. The van der Waals surface area contributed by atoms with Gasteiger partial charge in [0, 0.05) is 23.0 Å². The Bertz CT molecular complexity index is 1190. The van der Waals surface area contributed by atoms with E-state index >= 15 is 0 Å². The number of carbonyl (C=O) groups excluding carboxylic acids is 2. The van der Waals surface area contributed by atoms with Crippen molar-refractivity contribution in [2.45, 2.75) is 32.0 Å². The minimum atomic E-state index is -0.357. The van der Waals surface area contributed by atoms with Crippen molar-refractivity contribution in [2.24, 2.45) is 0 Å². The van der Waals surface area contributed by atoms with Gasteiger partial charge in [0.2, 0.25) is 0 Å². The molecule has 2 aromatic carbocycles. The van der Waals surface area contributed by atoms with Gasteiger partial charge in [0.1, 0.15) is 10.6 Å². The summed E-state index contributed by atoms with van der Waals surface area (Å²) in [6, 6.07) is 19.0. The van der Waals surface area contributed by atoms with Crippen LogP contribution < -0.4 is 5.32 Å². The Labute approximate surface area is 202 Å². The van der Waals surface area contributed by atoms with Gasteiger partial charge in [0.05, 0.1) is 6.54 Å². The highest BCUT2D eigenvalue weighted by Gasteiger charge is 2.39. The van der Waals surface area contributed by atoms with E-state index in [-0.39, 0.29) is 24.1 Å². The number of aromatic nitrogens is 2. The zero-order valence-electron chi connectivity index (χ0n) is 18.3. The summed E-state index contributed by atoms with van der Waals surface area (Å²) in [5, 5.41) is 4.25. The van der Waals surface area contributed by atoms with E-state index in [1.807, 2.05) is 62.4 Å². The van der Waals surface area contributed by atoms with Gasteiger partial charge in [-0.05, 0) is 61.4 Å². The largest absolute Gasteiger partial charge is 0.379 e. The van der Waals surface area contributed by atoms with E-state index in [2.05, 4.69) is 15.3 Å².